The fourth-order valence-corrected chi connectivity index (χ4v) is 3.40. The lowest BCUT2D eigenvalue weighted by molar-refractivity contribution is 1.37. The fourth-order valence-electron chi connectivity index (χ4n) is 1.40. The quantitative estimate of drug-likeness (QED) is 0.565. The molecule has 0 atom stereocenters. The van der Waals surface area contributed by atoms with Gasteiger partial charge in [0.05, 0.1) is 10.7 Å². The molecule has 2 N–H and O–H groups in total. The predicted molar refractivity (Wildman–Crippen MR) is 84.6 cm³/mol. The third kappa shape index (κ3) is 3.58. The van der Waals surface area contributed by atoms with Crippen molar-refractivity contribution >= 4 is 56.6 Å². The van der Waals surface area contributed by atoms with Crippen molar-refractivity contribution in [2.75, 3.05) is 5.73 Å². The van der Waals surface area contributed by atoms with Gasteiger partial charge in [0.25, 0.3) is 0 Å². The van der Waals surface area contributed by atoms with E-state index in [4.69, 9.17) is 28.9 Å². The molecule has 2 rings (SSSR count). The Morgan fingerprint density at radius 3 is 2.50 bits per heavy atom. The summed E-state index contributed by atoms with van der Waals surface area (Å²) in [4.78, 5) is 1.08. The smallest absolute Gasteiger partial charge is 0.0646 e. The zero-order chi connectivity index (χ0) is 13.1. The van der Waals surface area contributed by atoms with Crippen LogP contribution < -0.4 is 5.73 Å². The van der Waals surface area contributed by atoms with E-state index in [9.17, 15) is 0 Å². The van der Waals surface area contributed by atoms with Gasteiger partial charge >= 0.3 is 0 Å². The third-order valence-electron chi connectivity index (χ3n) is 2.38. The first-order valence-corrected chi connectivity index (χ1v) is 7.71. The number of nitrogens with two attached hydrogens (primary N) is 1. The summed E-state index contributed by atoms with van der Waals surface area (Å²) in [5.41, 5.74) is 7.36. The van der Waals surface area contributed by atoms with Crippen molar-refractivity contribution in [2.24, 2.45) is 0 Å². The Morgan fingerprint density at radius 1 is 1.06 bits per heavy atom. The van der Waals surface area contributed by atoms with E-state index in [0.29, 0.717) is 10.7 Å². The molecule has 94 valence electrons. The molecule has 0 radical (unpaired) electrons. The fraction of sp³-hybridized carbons (Fsp3) is 0.0769. The molecule has 0 aliphatic rings. The lowest BCUT2D eigenvalue weighted by Crippen LogP contribution is -1.87. The molecular formula is C13H10BrCl2NS. The van der Waals surface area contributed by atoms with Gasteiger partial charge in [-0.15, -0.1) is 11.8 Å². The van der Waals surface area contributed by atoms with Crippen LogP contribution in [0.25, 0.3) is 0 Å². The number of halogens is 3. The van der Waals surface area contributed by atoms with Crippen LogP contribution in [0.3, 0.4) is 0 Å². The van der Waals surface area contributed by atoms with Crippen LogP contribution in [0.5, 0.6) is 0 Å². The SMILES string of the molecule is Nc1ccc(SCc2ccc(Br)cc2Cl)cc1Cl. The van der Waals surface area contributed by atoms with Crippen LogP contribution in [0, 0.1) is 0 Å². The van der Waals surface area contributed by atoms with Crippen molar-refractivity contribution in [1.82, 2.24) is 0 Å². The molecule has 0 amide bonds. The highest BCUT2D eigenvalue weighted by Gasteiger charge is 2.04. The molecule has 5 heteroatoms. The highest BCUT2D eigenvalue weighted by atomic mass is 79.9. The summed E-state index contributed by atoms with van der Waals surface area (Å²) < 4.78 is 0.983. The second kappa shape index (κ2) is 6.20. The average Bonchev–Trinajstić information content (AvgIpc) is 2.32. The molecule has 1 nitrogen and oxygen atoms in total. The highest BCUT2D eigenvalue weighted by Crippen LogP contribution is 2.31. The zero-order valence-corrected chi connectivity index (χ0v) is 13.2. The van der Waals surface area contributed by atoms with E-state index in [2.05, 4.69) is 15.9 Å². The number of hydrogen-bond donors (Lipinski definition) is 1. The predicted octanol–water partition coefficient (Wildman–Crippen LogP) is 5.63. The minimum atomic E-state index is 0.585. The number of rotatable bonds is 3. The maximum absolute atomic E-state index is 6.16. The van der Waals surface area contributed by atoms with E-state index in [1.54, 1.807) is 11.8 Å². The van der Waals surface area contributed by atoms with Gasteiger partial charge in [-0.05, 0) is 35.9 Å². The molecule has 0 heterocycles. The van der Waals surface area contributed by atoms with E-state index in [-0.39, 0.29) is 0 Å². The molecule has 0 aliphatic heterocycles. The molecule has 0 aromatic heterocycles. The first-order chi connectivity index (χ1) is 8.56. The summed E-state index contributed by atoms with van der Waals surface area (Å²) in [5, 5.41) is 1.35. The zero-order valence-electron chi connectivity index (χ0n) is 9.29. The summed E-state index contributed by atoms with van der Waals surface area (Å²) in [5.74, 6) is 0.798. The van der Waals surface area contributed by atoms with Crippen molar-refractivity contribution < 1.29 is 0 Å². The van der Waals surface area contributed by atoms with Gasteiger partial charge in [0.2, 0.25) is 0 Å². The molecule has 18 heavy (non-hydrogen) atoms. The number of benzene rings is 2. The third-order valence-corrected chi connectivity index (χ3v) is 4.60. The maximum Gasteiger partial charge on any atom is 0.0646 e. The van der Waals surface area contributed by atoms with Gasteiger partial charge in [0, 0.05) is 20.1 Å². The normalized spacial score (nSPS) is 10.6. The van der Waals surface area contributed by atoms with Gasteiger partial charge in [-0.1, -0.05) is 45.2 Å². The highest BCUT2D eigenvalue weighted by molar-refractivity contribution is 9.10. The molecule has 0 saturated heterocycles. The van der Waals surface area contributed by atoms with Crippen molar-refractivity contribution in [1.29, 1.82) is 0 Å². The Balaban J connectivity index is 2.09. The molecule has 0 bridgehead atoms. The molecular weight excluding hydrogens is 353 g/mol. The van der Waals surface area contributed by atoms with E-state index in [1.807, 2.05) is 36.4 Å². The van der Waals surface area contributed by atoms with Crippen LogP contribution >= 0.6 is 50.9 Å². The topological polar surface area (TPSA) is 26.0 Å². The van der Waals surface area contributed by atoms with Crippen molar-refractivity contribution in [3.63, 3.8) is 0 Å². The molecule has 2 aromatic carbocycles. The summed E-state index contributed by atoms with van der Waals surface area (Å²) in [6, 6.07) is 11.5. The van der Waals surface area contributed by atoms with Gasteiger partial charge < -0.3 is 5.73 Å². The Bertz CT molecular complexity index is 575. The summed E-state index contributed by atoms with van der Waals surface area (Å²) in [7, 11) is 0. The standard InChI is InChI=1S/C13H10BrCl2NS/c14-9-2-1-8(11(15)5-9)7-18-10-3-4-13(17)12(16)6-10/h1-6H,7,17H2. The van der Waals surface area contributed by atoms with Crippen LogP contribution in [-0.2, 0) is 5.75 Å². The van der Waals surface area contributed by atoms with E-state index >= 15 is 0 Å². The van der Waals surface area contributed by atoms with Crippen LogP contribution in [0.4, 0.5) is 5.69 Å². The van der Waals surface area contributed by atoms with Crippen LogP contribution in [0.2, 0.25) is 10.0 Å². The second-order valence-electron chi connectivity index (χ2n) is 3.71. The van der Waals surface area contributed by atoms with Gasteiger partial charge in [-0.2, -0.15) is 0 Å². The molecule has 0 aliphatic carbocycles. The lowest BCUT2D eigenvalue weighted by atomic mass is 10.2. The largest absolute Gasteiger partial charge is 0.398 e. The lowest BCUT2D eigenvalue weighted by Gasteiger charge is -2.06. The molecule has 0 spiro atoms. The molecule has 0 unspecified atom stereocenters. The molecule has 0 saturated carbocycles. The Morgan fingerprint density at radius 2 is 1.83 bits per heavy atom. The number of thioether (sulfide) groups is 1. The van der Waals surface area contributed by atoms with Gasteiger partial charge in [-0.25, -0.2) is 0 Å². The minimum Gasteiger partial charge on any atom is -0.398 e. The van der Waals surface area contributed by atoms with Crippen molar-refractivity contribution in [3.05, 3.63) is 56.5 Å². The first-order valence-electron chi connectivity index (χ1n) is 5.18. The number of anilines is 1. The van der Waals surface area contributed by atoms with E-state index < -0.39 is 0 Å². The molecule has 0 fully saturated rings. The Hall–Kier alpha value is -0.350. The number of hydrogen-bond acceptors (Lipinski definition) is 2. The van der Waals surface area contributed by atoms with Crippen LogP contribution in [0.15, 0.2) is 45.8 Å². The second-order valence-corrected chi connectivity index (χ2v) is 6.49. The van der Waals surface area contributed by atoms with Gasteiger partial charge in [0.15, 0.2) is 0 Å². The minimum absolute atomic E-state index is 0.585. The van der Waals surface area contributed by atoms with Gasteiger partial charge in [-0.3, -0.25) is 0 Å². The number of nitrogen functional groups attached to an aromatic ring is 1. The van der Waals surface area contributed by atoms with Crippen molar-refractivity contribution in [2.45, 2.75) is 10.6 Å². The van der Waals surface area contributed by atoms with E-state index in [0.717, 1.165) is 25.7 Å². The van der Waals surface area contributed by atoms with Crippen LogP contribution in [0.1, 0.15) is 5.56 Å². The van der Waals surface area contributed by atoms with Gasteiger partial charge in [0.1, 0.15) is 0 Å². The average molecular weight is 363 g/mol. The summed E-state index contributed by atoms with van der Waals surface area (Å²) in [6.45, 7) is 0. The maximum atomic E-state index is 6.16. The Labute approximate surface area is 129 Å². The Kier molecular flexibility index (Phi) is 4.84. The van der Waals surface area contributed by atoms with Crippen LogP contribution in [-0.4, -0.2) is 0 Å². The molecule has 2 aromatic rings. The summed E-state index contributed by atoms with van der Waals surface area (Å²) >= 11 is 17.2. The van der Waals surface area contributed by atoms with E-state index in [1.165, 1.54) is 0 Å². The first kappa shape index (κ1) is 14.1. The summed E-state index contributed by atoms with van der Waals surface area (Å²) in [6.07, 6.45) is 0. The van der Waals surface area contributed by atoms with Crippen molar-refractivity contribution in [3.8, 4) is 0 Å². The monoisotopic (exact) mass is 361 g/mol.